The highest BCUT2D eigenvalue weighted by molar-refractivity contribution is 7.91. The molecule has 2 aliphatic heterocycles. The Balaban J connectivity index is 2.09. The number of rotatable bonds is 1. The molecule has 21 heavy (non-hydrogen) atoms. The molecule has 0 bridgehead atoms. The molecule has 0 aliphatic carbocycles. The zero-order valence-electron chi connectivity index (χ0n) is 12.8. The maximum Gasteiger partial charge on any atom is 0.410 e. The molecule has 0 spiro atoms. The van der Waals surface area contributed by atoms with Crippen LogP contribution in [0.2, 0.25) is 0 Å². The standard InChI is InChI=1S/C13H24N2O5S/c1-11(2,3)20-10(16)15-6-4-12(14,8-15)13(17)5-7-21(18,19)9-13/h17H,4-9,14H2,1-3H3. The average molecular weight is 320 g/mol. The maximum atomic E-state index is 12.0. The first kappa shape index (κ1) is 16.5. The summed E-state index contributed by atoms with van der Waals surface area (Å²) in [6.07, 6.45) is -0.00835. The highest BCUT2D eigenvalue weighted by Crippen LogP contribution is 2.38. The zero-order chi connectivity index (χ0) is 16.1. The van der Waals surface area contributed by atoms with E-state index in [9.17, 15) is 18.3 Å². The normalized spacial score (nSPS) is 36.0. The monoisotopic (exact) mass is 320 g/mol. The van der Waals surface area contributed by atoms with Crippen LogP contribution in [-0.2, 0) is 14.6 Å². The lowest BCUT2D eigenvalue weighted by atomic mass is 9.79. The summed E-state index contributed by atoms with van der Waals surface area (Å²) in [5.74, 6) is -0.395. The molecule has 122 valence electrons. The van der Waals surface area contributed by atoms with Gasteiger partial charge in [0.2, 0.25) is 0 Å². The molecule has 7 nitrogen and oxygen atoms in total. The van der Waals surface area contributed by atoms with Crippen molar-refractivity contribution < 1.29 is 23.1 Å². The van der Waals surface area contributed by atoms with Gasteiger partial charge in [-0.15, -0.1) is 0 Å². The molecule has 2 atom stereocenters. The summed E-state index contributed by atoms with van der Waals surface area (Å²) >= 11 is 0. The number of sulfone groups is 1. The number of nitrogens with zero attached hydrogens (tertiary/aromatic N) is 1. The van der Waals surface area contributed by atoms with Gasteiger partial charge in [-0.2, -0.15) is 0 Å². The molecule has 2 fully saturated rings. The molecule has 0 aromatic heterocycles. The van der Waals surface area contributed by atoms with Crippen molar-refractivity contribution in [2.75, 3.05) is 24.6 Å². The van der Waals surface area contributed by atoms with Gasteiger partial charge in [-0.25, -0.2) is 13.2 Å². The van der Waals surface area contributed by atoms with Crippen molar-refractivity contribution in [1.29, 1.82) is 0 Å². The van der Waals surface area contributed by atoms with Crippen LogP contribution < -0.4 is 5.73 Å². The van der Waals surface area contributed by atoms with E-state index < -0.39 is 32.7 Å². The van der Waals surface area contributed by atoms with Crippen molar-refractivity contribution in [2.45, 2.75) is 50.4 Å². The molecule has 2 unspecified atom stereocenters. The summed E-state index contributed by atoms with van der Waals surface area (Å²) < 4.78 is 28.5. The molecular formula is C13H24N2O5S. The van der Waals surface area contributed by atoms with Crippen molar-refractivity contribution in [1.82, 2.24) is 4.90 Å². The maximum absolute atomic E-state index is 12.0. The van der Waals surface area contributed by atoms with E-state index in [0.717, 1.165) is 0 Å². The molecule has 0 aromatic rings. The Morgan fingerprint density at radius 1 is 1.33 bits per heavy atom. The van der Waals surface area contributed by atoms with E-state index in [1.165, 1.54) is 4.90 Å². The highest BCUT2D eigenvalue weighted by atomic mass is 32.2. The third kappa shape index (κ3) is 3.32. The third-order valence-corrected chi connectivity index (χ3v) is 5.91. The summed E-state index contributed by atoms with van der Waals surface area (Å²) in [4.78, 5) is 13.5. The number of amides is 1. The SMILES string of the molecule is CC(C)(C)OC(=O)N1CCC(N)(C2(O)CCS(=O)(=O)C2)C1. The largest absolute Gasteiger partial charge is 0.444 e. The van der Waals surface area contributed by atoms with Gasteiger partial charge in [-0.3, -0.25) is 0 Å². The Bertz CT molecular complexity index is 541. The molecule has 2 rings (SSSR count). The van der Waals surface area contributed by atoms with Crippen LogP contribution in [0.4, 0.5) is 4.79 Å². The number of nitrogens with two attached hydrogens (primary N) is 1. The molecule has 0 aromatic carbocycles. The Labute approximate surface area is 125 Å². The van der Waals surface area contributed by atoms with Crippen LogP contribution in [0.25, 0.3) is 0 Å². The second-order valence-electron chi connectivity index (χ2n) is 7.18. The molecule has 3 N–H and O–H groups in total. The Morgan fingerprint density at radius 2 is 1.95 bits per heavy atom. The van der Waals surface area contributed by atoms with Crippen molar-refractivity contribution in [2.24, 2.45) is 5.73 Å². The second-order valence-corrected chi connectivity index (χ2v) is 9.37. The number of hydrogen-bond donors (Lipinski definition) is 2. The van der Waals surface area contributed by atoms with Gasteiger partial charge in [0.15, 0.2) is 9.84 Å². The number of aliphatic hydroxyl groups is 1. The average Bonchev–Trinajstić information content (AvgIpc) is 2.80. The zero-order valence-corrected chi connectivity index (χ0v) is 13.6. The number of ether oxygens (including phenoxy) is 1. The number of hydrogen-bond acceptors (Lipinski definition) is 6. The van der Waals surface area contributed by atoms with E-state index in [0.29, 0.717) is 13.0 Å². The summed E-state index contributed by atoms with van der Waals surface area (Å²) in [7, 11) is -3.26. The van der Waals surface area contributed by atoms with Gasteiger partial charge in [0.05, 0.1) is 22.6 Å². The van der Waals surface area contributed by atoms with Crippen LogP contribution >= 0.6 is 0 Å². The van der Waals surface area contributed by atoms with E-state index in [2.05, 4.69) is 0 Å². The fourth-order valence-electron chi connectivity index (χ4n) is 2.92. The molecule has 8 heteroatoms. The molecular weight excluding hydrogens is 296 g/mol. The highest BCUT2D eigenvalue weighted by Gasteiger charge is 2.57. The molecule has 2 heterocycles. The number of carbonyl (C=O) groups excluding carboxylic acids is 1. The van der Waals surface area contributed by atoms with E-state index in [1.54, 1.807) is 20.8 Å². The van der Waals surface area contributed by atoms with Gasteiger partial charge in [0.25, 0.3) is 0 Å². The smallest absolute Gasteiger partial charge is 0.410 e. The first-order valence-corrected chi connectivity index (χ1v) is 8.88. The Kier molecular flexibility index (Phi) is 3.79. The van der Waals surface area contributed by atoms with Crippen molar-refractivity contribution in [3.63, 3.8) is 0 Å². The lowest BCUT2D eigenvalue weighted by molar-refractivity contribution is -0.0120. The summed E-state index contributed by atoms with van der Waals surface area (Å²) in [5.41, 5.74) is 3.07. The molecule has 0 radical (unpaired) electrons. The lowest BCUT2D eigenvalue weighted by Crippen LogP contribution is -2.63. The van der Waals surface area contributed by atoms with E-state index in [1.807, 2.05) is 0 Å². The minimum Gasteiger partial charge on any atom is -0.444 e. The van der Waals surface area contributed by atoms with Crippen molar-refractivity contribution >= 4 is 15.9 Å². The topological polar surface area (TPSA) is 110 Å². The minimum atomic E-state index is -3.26. The van der Waals surface area contributed by atoms with Crippen LogP contribution in [0.3, 0.4) is 0 Å². The first-order valence-electron chi connectivity index (χ1n) is 7.06. The lowest BCUT2D eigenvalue weighted by Gasteiger charge is -2.38. The Hall–Kier alpha value is -0.860. The quantitative estimate of drug-likeness (QED) is 0.697. The second kappa shape index (κ2) is 4.82. The fourth-order valence-corrected chi connectivity index (χ4v) is 4.87. The minimum absolute atomic E-state index is 0.0606. The van der Waals surface area contributed by atoms with Gasteiger partial charge in [-0.05, 0) is 33.6 Å². The predicted molar refractivity (Wildman–Crippen MR) is 77.6 cm³/mol. The van der Waals surface area contributed by atoms with Crippen LogP contribution in [0, 0.1) is 0 Å². The van der Waals surface area contributed by atoms with E-state index in [-0.39, 0.29) is 24.5 Å². The summed E-state index contributed by atoms with van der Waals surface area (Å²) in [6, 6.07) is 0. The van der Waals surface area contributed by atoms with Crippen molar-refractivity contribution in [3.8, 4) is 0 Å². The summed E-state index contributed by atoms with van der Waals surface area (Å²) in [6.45, 7) is 5.77. The van der Waals surface area contributed by atoms with Crippen LogP contribution in [0.5, 0.6) is 0 Å². The third-order valence-electron chi connectivity index (χ3n) is 4.16. The van der Waals surface area contributed by atoms with Gasteiger partial charge < -0.3 is 20.5 Å². The van der Waals surface area contributed by atoms with Crippen molar-refractivity contribution in [3.05, 3.63) is 0 Å². The Morgan fingerprint density at radius 3 is 2.43 bits per heavy atom. The predicted octanol–water partition coefficient (Wildman–Crippen LogP) is -0.126. The molecule has 2 saturated heterocycles. The van der Waals surface area contributed by atoms with Gasteiger partial charge in [0.1, 0.15) is 5.60 Å². The molecule has 2 aliphatic rings. The van der Waals surface area contributed by atoms with E-state index in [4.69, 9.17) is 10.5 Å². The van der Waals surface area contributed by atoms with Crippen LogP contribution in [-0.4, -0.2) is 65.9 Å². The first-order chi connectivity index (χ1) is 9.36. The van der Waals surface area contributed by atoms with Crippen LogP contribution in [0.15, 0.2) is 0 Å². The van der Waals surface area contributed by atoms with Crippen LogP contribution in [0.1, 0.15) is 33.6 Å². The fraction of sp³-hybridized carbons (Fsp3) is 0.923. The van der Waals surface area contributed by atoms with Gasteiger partial charge in [-0.1, -0.05) is 0 Å². The summed E-state index contributed by atoms with van der Waals surface area (Å²) in [5, 5.41) is 10.6. The van der Waals surface area contributed by atoms with Gasteiger partial charge in [0, 0.05) is 13.1 Å². The van der Waals surface area contributed by atoms with Gasteiger partial charge >= 0.3 is 6.09 Å². The number of carbonyl (C=O) groups is 1. The molecule has 0 saturated carbocycles. The van der Waals surface area contributed by atoms with E-state index >= 15 is 0 Å². The number of likely N-dealkylation sites (tertiary alicyclic amines) is 1. The molecule has 1 amide bonds.